The number of rotatable bonds is 3. The van der Waals surface area contributed by atoms with Gasteiger partial charge in [0.15, 0.2) is 6.19 Å². The van der Waals surface area contributed by atoms with Crippen LogP contribution in [0.15, 0.2) is 12.1 Å². The lowest BCUT2D eigenvalue weighted by Crippen LogP contribution is -2.11. The van der Waals surface area contributed by atoms with Crippen LogP contribution in [-0.2, 0) is 6.54 Å². The number of hydrogen-bond donors (Lipinski definition) is 0. The van der Waals surface area contributed by atoms with Gasteiger partial charge < -0.3 is 9.64 Å². The first-order valence-electron chi connectivity index (χ1n) is 4.52. The lowest BCUT2D eigenvalue weighted by Gasteiger charge is -2.15. The lowest BCUT2D eigenvalue weighted by molar-refractivity contribution is 0.391. The summed E-state index contributed by atoms with van der Waals surface area (Å²) in [6.45, 7) is 2.43. The molecule has 1 aromatic carbocycles. The minimum Gasteiger partial charge on any atom is -0.496 e. The van der Waals surface area contributed by atoms with E-state index in [0.717, 1.165) is 16.9 Å². The molecule has 0 radical (unpaired) electrons. The molecule has 0 atom stereocenters. The molecule has 0 unspecified atom stereocenters. The number of methoxy groups -OCH3 is 1. The number of aryl methyl sites for hydroxylation is 1. The Morgan fingerprint density at radius 3 is 2.73 bits per heavy atom. The zero-order valence-corrected chi connectivity index (χ0v) is 9.80. The molecule has 0 aliphatic heterocycles. The maximum absolute atomic E-state index is 8.70. The second-order valence-corrected chi connectivity index (χ2v) is 3.81. The fourth-order valence-electron chi connectivity index (χ4n) is 1.50. The molecule has 0 bridgehead atoms. The molecule has 0 aliphatic carbocycles. The summed E-state index contributed by atoms with van der Waals surface area (Å²) in [7, 11) is 3.34. The second-order valence-electron chi connectivity index (χ2n) is 3.37. The van der Waals surface area contributed by atoms with Gasteiger partial charge in [0.1, 0.15) is 5.75 Å². The van der Waals surface area contributed by atoms with Crippen molar-refractivity contribution in [3.8, 4) is 11.9 Å². The molecule has 15 heavy (non-hydrogen) atoms. The molecule has 80 valence electrons. The molecule has 0 N–H and O–H groups in total. The van der Waals surface area contributed by atoms with Gasteiger partial charge in [-0.05, 0) is 24.6 Å². The van der Waals surface area contributed by atoms with Gasteiger partial charge in [-0.2, -0.15) is 5.26 Å². The van der Waals surface area contributed by atoms with Crippen LogP contribution in [0, 0.1) is 18.4 Å². The quantitative estimate of drug-likeness (QED) is 0.585. The van der Waals surface area contributed by atoms with Crippen LogP contribution in [0.4, 0.5) is 0 Å². The summed E-state index contributed by atoms with van der Waals surface area (Å²) >= 11 is 5.95. The fourth-order valence-corrected chi connectivity index (χ4v) is 1.80. The van der Waals surface area contributed by atoms with Crippen LogP contribution >= 0.6 is 11.6 Å². The Kier molecular flexibility index (Phi) is 3.81. The zero-order valence-electron chi connectivity index (χ0n) is 9.04. The van der Waals surface area contributed by atoms with Crippen LogP contribution in [0.25, 0.3) is 0 Å². The van der Waals surface area contributed by atoms with Crippen molar-refractivity contribution in [1.29, 1.82) is 5.26 Å². The average molecular weight is 225 g/mol. The zero-order chi connectivity index (χ0) is 11.4. The van der Waals surface area contributed by atoms with Crippen LogP contribution < -0.4 is 4.74 Å². The Balaban J connectivity index is 3.10. The van der Waals surface area contributed by atoms with Crippen molar-refractivity contribution in [2.24, 2.45) is 0 Å². The molecular formula is C11H13ClN2O. The summed E-state index contributed by atoms with van der Waals surface area (Å²) in [5, 5.41) is 9.36. The van der Waals surface area contributed by atoms with Gasteiger partial charge >= 0.3 is 0 Å². The van der Waals surface area contributed by atoms with Gasteiger partial charge in [-0.3, -0.25) is 0 Å². The smallest absolute Gasteiger partial charge is 0.179 e. The van der Waals surface area contributed by atoms with E-state index in [4.69, 9.17) is 21.6 Å². The number of benzene rings is 1. The van der Waals surface area contributed by atoms with E-state index < -0.39 is 0 Å². The molecule has 1 rings (SSSR count). The summed E-state index contributed by atoms with van der Waals surface area (Å²) in [4.78, 5) is 1.52. The Hall–Kier alpha value is -1.40. The Morgan fingerprint density at radius 2 is 2.20 bits per heavy atom. The molecule has 0 fully saturated rings. The predicted molar refractivity (Wildman–Crippen MR) is 59.8 cm³/mol. The first-order valence-corrected chi connectivity index (χ1v) is 4.90. The standard InChI is InChI=1S/C11H13ClN2O/c1-8-4-10(12)5-9(11(8)15-3)6-14(2)7-13/h4-5H,6H2,1-3H3. The van der Waals surface area contributed by atoms with Gasteiger partial charge in [0.05, 0.1) is 13.7 Å². The van der Waals surface area contributed by atoms with Crippen molar-refractivity contribution in [1.82, 2.24) is 4.90 Å². The number of nitriles is 1. The van der Waals surface area contributed by atoms with Gasteiger partial charge in [0.2, 0.25) is 0 Å². The molecule has 0 aliphatic rings. The first-order chi connectivity index (χ1) is 7.08. The number of ether oxygens (including phenoxy) is 1. The minimum atomic E-state index is 0.501. The third kappa shape index (κ3) is 2.77. The van der Waals surface area contributed by atoms with E-state index in [2.05, 4.69) is 0 Å². The topological polar surface area (TPSA) is 36.3 Å². The van der Waals surface area contributed by atoms with Crippen LogP contribution in [-0.4, -0.2) is 19.1 Å². The normalized spacial score (nSPS) is 9.53. The van der Waals surface area contributed by atoms with E-state index in [-0.39, 0.29) is 0 Å². The summed E-state index contributed by atoms with van der Waals surface area (Å²) in [5.74, 6) is 0.793. The highest BCUT2D eigenvalue weighted by atomic mass is 35.5. The van der Waals surface area contributed by atoms with E-state index >= 15 is 0 Å². The van der Waals surface area contributed by atoms with E-state index in [1.165, 1.54) is 4.90 Å². The Bertz CT molecular complexity index is 398. The van der Waals surface area contributed by atoms with Gasteiger partial charge in [-0.15, -0.1) is 0 Å². The van der Waals surface area contributed by atoms with E-state index in [0.29, 0.717) is 11.6 Å². The molecule has 0 aromatic heterocycles. The number of halogens is 1. The SMILES string of the molecule is COc1c(C)cc(Cl)cc1CN(C)C#N. The van der Waals surface area contributed by atoms with Gasteiger partial charge in [-0.1, -0.05) is 11.6 Å². The highest BCUT2D eigenvalue weighted by Crippen LogP contribution is 2.28. The van der Waals surface area contributed by atoms with Crippen molar-refractivity contribution >= 4 is 11.6 Å². The van der Waals surface area contributed by atoms with Crippen molar-refractivity contribution in [3.63, 3.8) is 0 Å². The Morgan fingerprint density at radius 1 is 1.53 bits per heavy atom. The van der Waals surface area contributed by atoms with Crippen LogP contribution in [0.5, 0.6) is 5.75 Å². The summed E-state index contributed by atoms with van der Waals surface area (Å²) in [5.41, 5.74) is 1.90. The summed E-state index contributed by atoms with van der Waals surface area (Å²) in [6.07, 6.45) is 2.04. The van der Waals surface area contributed by atoms with Gasteiger partial charge in [-0.25, -0.2) is 0 Å². The summed E-state index contributed by atoms with van der Waals surface area (Å²) < 4.78 is 5.28. The first kappa shape index (κ1) is 11.7. The van der Waals surface area contributed by atoms with Gasteiger partial charge in [0.25, 0.3) is 0 Å². The van der Waals surface area contributed by atoms with Gasteiger partial charge in [0, 0.05) is 17.6 Å². The third-order valence-electron chi connectivity index (χ3n) is 2.10. The van der Waals surface area contributed by atoms with Crippen molar-refractivity contribution in [2.45, 2.75) is 13.5 Å². The highest BCUT2D eigenvalue weighted by Gasteiger charge is 2.09. The molecule has 3 nitrogen and oxygen atoms in total. The molecule has 0 heterocycles. The number of hydrogen-bond acceptors (Lipinski definition) is 3. The second kappa shape index (κ2) is 4.90. The molecular weight excluding hydrogens is 212 g/mol. The largest absolute Gasteiger partial charge is 0.496 e. The monoisotopic (exact) mass is 224 g/mol. The molecule has 1 aromatic rings. The summed E-state index contributed by atoms with van der Waals surface area (Å²) in [6, 6.07) is 3.66. The molecule has 0 saturated carbocycles. The van der Waals surface area contributed by atoms with Crippen molar-refractivity contribution in [3.05, 3.63) is 28.3 Å². The maximum Gasteiger partial charge on any atom is 0.179 e. The minimum absolute atomic E-state index is 0.501. The molecule has 0 spiro atoms. The number of nitrogens with zero attached hydrogens (tertiary/aromatic N) is 2. The van der Waals surface area contributed by atoms with Crippen molar-refractivity contribution < 1.29 is 4.74 Å². The van der Waals surface area contributed by atoms with Crippen LogP contribution in [0.2, 0.25) is 5.02 Å². The average Bonchev–Trinajstić information content (AvgIpc) is 2.17. The van der Waals surface area contributed by atoms with E-state index in [9.17, 15) is 0 Å². The third-order valence-corrected chi connectivity index (χ3v) is 2.32. The van der Waals surface area contributed by atoms with Crippen LogP contribution in [0.3, 0.4) is 0 Å². The Labute approximate surface area is 94.8 Å². The fraction of sp³-hybridized carbons (Fsp3) is 0.364. The van der Waals surface area contributed by atoms with E-state index in [1.54, 1.807) is 14.2 Å². The van der Waals surface area contributed by atoms with Crippen LogP contribution in [0.1, 0.15) is 11.1 Å². The molecule has 4 heteroatoms. The highest BCUT2D eigenvalue weighted by molar-refractivity contribution is 6.30. The molecule has 0 amide bonds. The maximum atomic E-state index is 8.70. The lowest BCUT2D eigenvalue weighted by atomic mass is 10.1. The molecule has 0 saturated heterocycles. The van der Waals surface area contributed by atoms with E-state index in [1.807, 2.05) is 25.2 Å². The van der Waals surface area contributed by atoms with Crippen molar-refractivity contribution in [2.75, 3.05) is 14.2 Å². The predicted octanol–water partition coefficient (Wildman–Crippen LogP) is 2.57.